The molecule has 1 aromatic rings. The Morgan fingerprint density at radius 3 is 2.31 bits per heavy atom. The summed E-state index contributed by atoms with van der Waals surface area (Å²) in [5, 5.41) is 11.1. The van der Waals surface area contributed by atoms with E-state index in [0.717, 1.165) is 0 Å². The van der Waals surface area contributed by atoms with Crippen LogP contribution in [0.15, 0.2) is 18.2 Å². The summed E-state index contributed by atoms with van der Waals surface area (Å²) >= 11 is 0. The van der Waals surface area contributed by atoms with Gasteiger partial charge in [0.05, 0.1) is 24.7 Å². The van der Waals surface area contributed by atoms with Crippen LogP contribution in [0, 0.1) is 11.8 Å². The van der Waals surface area contributed by atoms with Gasteiger partial charge in [-0.25, -0.2) is 0 Å². The predicted molar refractivity (Wildman–Crippen MR) is 108 cm³/mol. The molecule has 1 N–H and O–H groups in total. The van der Waals surface area contributed by atoms with Gasteiger partial charge in [-0.3, -0.25) is 14.4 Å². The number of carbonyl (C=O) groups is 3. The van der Waals surface area contributed by atoms with Gasteiger partial charge in [0.1, 0.15) is 19.1 Å². The molecule has 1 aliphatic carbocycles. The Hall–Kier alpha value is -2.69. The highest BCUT2D eigenvalue weighted by molar-refractivity contribution is 6.02. The van der Waals surface area contributed by atoms with Crippen molar-refractivity contribution in [2.24, 2.45) is 11.8 Å². The van der Waals surface area contributed by atoms with Gasteiger partial charge < -0.3 is 33.5 Å². The highest BCUT2D eigenvalue weighted by atomic mass is 16.7. The van der Waals surface area contributed by atoms with E-state index in [4.69, 9.17) is 28.4 Å². The van der Waals surface area contributed by atoms with Crippen LogP contribution in [0.25, 0.3) is 0 Å². The maximum Gasteiger partial charge on any atom is 0.317 e. The maximum absolute atomic E-state index is 13.1. The van der Waals surface area contributed by atoms with Crippen LogP contribution in [0.5, 0.6) is 11.5 Å². The molecule has 32 heavy (non-hydrogen) atoms. The highest BCUT2D eigenvalue weighted by Crippen LogP contribution is 2.48. The number of fused-ring (bicyclic) bond motifs is 1. The molecule has 4 atom stereocenters. The van der Waals surface area contributed by atoms with Crippen LogP contribution in [-0.2, 0) is 33.3 Å². The van der Waals surface area contributed by atoms with Crippen LogP contribution in [0.3, 0.4) is 0 Å². The predicted octanol–water partition coefficient (Wildman–Crippen LogP) is 0.834. The zero-order chi connectivity index (χ0) is 23.3. The Kier molecular flexibility index (Phi) is 7.70. The molecule has 0 bridgehead atoms. The van der Waals surface area contributed by atoms with E-state index in [1.807, 2.05) is 0 Å². The minimum Gasteiger partial charge on any atom is -0.463 e. The number of methoxy groups -OCH3 is 2. The molecule has 1 aromatic carbocycles. The number of ketones is 1. The molecule has 10 heteroatoms. The molecular formula is C22H28O10. The molecule has 0 aromatic heterocycles. The van der Waals surface area contributed by atoms with E-state index in [1.165, 1.54) is 21.1 Å². The van der Waals surface area contributed by atoms with Crippen molar-refractivity contribution < 1.29 is 47.9 Å². The van der Waals surface area contributed by atoms with Crippen LogP contribution in [0.4, 0.5) is 0 Å². The van der Waals surface area contributed by atoms with Crippen molar-refractivity contribution in [3.8, 4) is 11.5 Å². The number of aliphatic hydroxyl groups is 1. The second-order valence-electron chi connectivity index (χ2n) is 7.91. The number of benzene rings is 1. The lowest BCUT2D eigenvalue weighted by molar-refractivity contribution is -0.174. The standard InChI is InChI=1S/C22H28O10/c1-22(26)11-14(23)18(20(24)29-8-6-27-2)17(19(22)21(25)30-9-7-28-3)13-4-5-15-16(10-13)32-12-31-15/h4-5,10,17-19,26H,6-9,11-12H2,1-3H3/t17-,18-,19+,22+/m0/s1. The number of carbonyl (C=O) groups excluding carboxylic acids is 3. The summed E-state index contributed by atoms with van der Waals surface area (Å²) in [5.74, 6) is -4.70. The molecule has 10 nitrogen and oxygen atoms in total. The molecular weight excluding hydrogens is 424 g/mol. The first-order valence-electron chi connectivity index (χ1n) is 10.3. The Balaban J connectivity index is 2.01. The number of hydrogen-bond acceptors (Lipinski definition) is 10. The van der Waals surface area contributed by atoms with Crippen LogP contribution >= 0.6 is 0 Å². The van der Waals surface area contributed by atoms with Gasteiger partial charge >= 0.3 is 11.9 Å². The summed E-state index contributed by atoms with van der Waals surface area (Å²) in [6, 6.07) is 4.87. The average molecular weight is 452 g/mol. The number of rotatable bonds is 9. The molecule has 1 fully saturated rings. The van der Waals surface area contributed by atoms with E-state index < -0.39 is 47.5 Å². The number of Topliss-reactive ketones (excluding diaryl/α,β-unsaturated/α-hetero) is 1. The Labute approximate surface area is 185 Å². The van der Waals surface area contributed by atoms with Crippen molar-refractivity contribution in [1.29, 1.82) is 0 Å². The van der Waals surface area contributed by atoms with E-state index in [2.05, 4.69) is 0 Å². The van der Waals surface area contributed by atoms with Gasteiger partial charge in [0.15, 0.2) is 17.3 Å². The Bertz CT molecular complexity index is 849. The first kappa shape index (κ1) is 24.0. The minimum absolute atomic E-state index is 0.0328. The van der Waals surface area contributed by atoms with Gasteiger partial charge in [-0.05, 0) is 24.6 Å². The van der Waals surface area contributed by atoms with Crippen molar-refractivity contribution in [3.05, 3.63) is 23.8 Å². The summed E-state index contributed by atoms with van der Waals surface area (Å²) < 4.78 is 31.1. The third kappa shape index (κ3) is 5.03. The van der Waals surface area contributed by atoms with E-state index in [9.17, 15) is 19.5 Å². The third-order valence-corrected chi connectivity index (χ3v) is 5.62. The zero-order valence-corrected chi connectivity index (χ0v) is 18.3. The van der Waals surface area contributed by atoms with Gasteiger partial charge in [0.25, 0.3) is 0 Å². The number of esters is 2. The van der Waals surface area contributed by atoms with Crippen LogP contribution in [0.1, 0.15) is 24.8 Å². The molecule has 1 saturated carbocycles. The molecule has 0 radical (unpaired) electrons. The normalized spacial score (nSPS) is 26.6. The maximum atomic E-state index is 13.1. The summed E-state index contributed by atoms with van der Waals surface area (Å²) in [5.41, 5.74) is -1.30. The van der Waals surface area contributed by atoms with Crippen LogP contribution in [0.2, 0.25) is 0 Å². The summed E-state index contributed by atoms with van der Waals surface area (Å²) in [4.78, 5) is 39.0. The lowest BCUT2D eigenvalue weighted by Crippen LogP contribution is -2.55. The Morgan fingerprint density at radius 2 is 1.66 bits per heavy atom. The second-order valence-corrected chi connectivity index (χ2v) is 7.91. The molecule has 176 valence electrons. The average Bonchev–Trinajstić information content (AvgIpc) is 3.20. The van der Waals surface area contributed by atoms with E-state index in [1.54, 1.807) is 18.2 Å². The lowest BCUT2D eigenvalue weighted by Gasteiger charge is -2.43. The molecule has 1 heterocycles. The van der Waals surface area contributed by atoms with Crippen molar-refractivity contribution in [3.63, 3.8) is 0 Å². The Morgan fingerprint density at radius 1 is 1.03 bits per heavy atom. The summed E-state index contributed by atoms with van der Waals surface area (Å²) in [6.07, 6.45) is -0.401. The molecule has 0 unspecified atom stereocenters. The first-order chi connectivity index (χ1) is 15.3. The molecule has 2 aliphatic rings. The van der Waals surface area contributed by atoms with Crippen molar-refractivity contribution in [1.82, 2.24) is 0 Å². The van der Waals surface area contributed by atoms with Gasteiger partial charge in [0.2, 0.25) is 6.79 Å². The monoisotopic (exact) mass is 452 g/mol. The molecule has 0 spiro atoms. The van der Waals surface area contributed by atoms with Crippen molar-refractivity contribution in [2.75, 3.05) is 47.4 Å². The van der Waals surface area contributed by atoms with Crippen molar-refractivity contribution in [2.45, 2.75) is 24.9 Å². The molecule has 0 amide bonds. The quantitative estimate of drug-likeness (QED) is 0.327. The molecule has 0 saturated heterocycles. The minimum atomic E-state index is -1.74. The fraction of sp³-hybridized carbons (Fsp3) is 0.591. The smallest absolute Gasteiger partial charge is 0.317 e. The van der Waals surface area contributed by atoms with E-state index in [0.29, 0.717) is 17.1 Å². The molecule has 1 aliphatic heterocycles. The second kappa shape index (κ2) is 10.3. The summed E-state index contributed by atoms with van der Waals surface area (Å²) in [7, 11) is 2.92. The van der Waals surface area contributed by atoms with Gasteiger partial charge in [-0.1, -0.05) is 6.07 Å². The van der Waals surface area contributed by atoms with Crippen molar-refractivity contribution >= 4 is 17.7 Å². The largest absolute Gasteiger partial charge is 0.463 e. The highest BCUT2D eigenvalue weighted by Gasteiger charge is 2.57. The zero-order valence-electron chi connectivity index (χ0n) is 18.3. The van der Waals surface area contributed by atoms with Gasteiger partial charge in [-0.2, -0.15) is 0 Å². The lowest BCUT2D eigenvalue weighted by atomic mass is 9.61. The van der Waals surface area contributed by atoms with E-state index >= 15 is 0 Å². The SMILES string of the molecule is COCCOC(=O)[C@H]1C(=O)C[C@@](C)(O)[C@@H](C(=O)OCCOC)[C@H]1c1ccc2c(c1)OCO2. The fourth-order valence-electron chi connectivity index (χ4n) is 4.17. The molecule has 3 rings (SSSR count). The van der Waals surface area contributed by atoms with E-state index in [-0.39, 0.29) is 33.2 Å². The number of hydrogen-bond donors (Lipinski definition) is 1. The first-order valence-corrected chi connectivity index (χ1v) is 10.3. The third-order valence-electron chi connectivity index (χ3n) is 5.62. The van der Waals surface area contributed by atoms with Crippen LogP contribution in [-0.4, -0.2) is 75.9 Å². The van der Waals surface area contributed by atoms with Gasteiger partial charge in [0, 0.05) is 26.6 Å². The fourth-order valence-corrected chi connectivity index (χ4v) is 4.17. The summed E-state index contributed by atoms with van der Waals surface area (Å²) in [6.45, 7) is 1.65. The van der Waals surface area contributed by atoms with Crippen LogP contribution < -0.4 is 9.47 Å². The number of ether oxygens (including phenoxy) is 6. The van der Waals surface area contributed by atoms with Gasteiger partial charge in [-0.15, -0.1) is 0 Å². The topological polar surface area (TPSA) is 127 Å².